The number of benzene rings is 2. The van der Waals surface area contributed by atoms with E-state index in [0.29, 0.717) is 17.9 Å². The lowest BCUT2D eigenvalue weighted by molar-refractivity contribution is 0.0948. The van der Waals surface area contributed by atoms with Crippen LogP contribution in [0.2, 0.25) is 0 Å². The zero-order chi connectivity index (χ0) is 17.9. The molecule has 0 bridgehead atoms. The van der Waals surface area contributed by atoms with E-state index in [2.05, 4.69) is 20.6 Å². The van der Waals surface area contributed by atoms with Crippen molar-refractivity contribution in [2.24, 2.45) is 0 Å². The van der Waals surface area contributed by atoms with Gasteiger partial charge in [-0.25, -0.2) is 0 Å². The van der Waals surface area contributed by atoms with Crippen LogP contribution in [-0.4, -0.2) is 32.8 Å². The number of amides is 1. The number of fused-ring (bicyclic) bond motifs is 1. The van der Waals surface area contributed by atoms with Gasteiger partial charge in [0, 0.05) is 12.1 Å². The topological polar surface area (TPSA) is 81.4 Å². The Morgan fingerprint density at radius 3 is 2.77 bits per heavy atom. The molecule has 2 aromatic heterocycles. The lowest BCUT2D eigenvalue weighted by Crippen LogP contribution is -2.23. The van der Waals surface area contributed by atoms with Gasteiger partial charge in [-0.3, -0.25) is 4.79 Å². The van der Waals surface area contributed by atoms with Crippen molar-refractivity contribution in [2.45, 2.75) is 6.54 Å². The number of rotatable bonds is 5. The third-order valence-corrected chi connectivity index (χ3v) is 4.85. The van der Waals surface area contributed by atoms with Crippen molar-refractivity contribution < 1.29 is 9.53 Å². The SMILES string of the molecule is COc1ccccc1C(=O)NCc1ccc(-c2nn3cnnc3s2)cc1. The number of hydrogen-bond acceptors (Lipinski definition) is 6. The van der Waals surface area contributed by atoms with Gasteiger partial charge in [-0.05, 0) is 17.7 Å². The second kappa shape index (κ2) is 6.93. The number of hydrogen-bond donors (Lipinski definition) is 1. The summed E-state index contributed by atoms with van der Waals surface area (Å²) in [6, 6.07) is 15.1. The molecular weight excluding hydrogens is 350 g/mol. The Labute approximate surface area is 153 Å². The Morgan fingerprint density at radius 2 is 2.00 bits per heavy atom. The number of nitrogens with one attached hydrogen (secondary N) is 1. The number of methoxy groups -OCH3 is 1. The fourth-order valence-electron chi connectivity index (χ4n) is 2.55. The van der Waals surface area contributed by atoms with Gasteiger partial charge >= 0.3 is 0 Å². The van der Waals surface area contributed by atoms with Crippen molar-refractivity contribution in [1.82, 2.24) is 25.1 Å². The van der Waals surface area contributed by atoms with Crippen LogP contribution in [-0.2, 0) is 6.54 Å². The summed E-state index contributed by atoms with van der Waals surface area (Å²) >= 11 is 1.48. The normalized spacial score (nSPS) is 10.8. The van der Waals surface area contributed by atoms with Gasteiger partial charge in [0.05, 0.1) is 12.7 Å². The zero-order valence-corrected chi connectivity index (χ0v) is 14.7. The molecule has 0 aliphatic heterocycles. The molecule has 0 saturated heterocycles. The molecule has 0 fully saturated rings. The summed E-state index contributed by atoms with van der Waals surface area (Å²) in [4.78, 5) is 13.1. The van der Waals surface area contributed by atoms with Crippen LogP contribution < -0.4 is 10.1 Å². The highest BCUT2D eigenvalue weighted by Gasteiger charge is 2.11. The Balaban J connectivity index is 1.44. The lowest BCUT2D eigenvalue weighted by atomic mass is 10.1. The van der Waals surface area contributed by atoms with Crippen LogP contribution in [0.1, 0.15) is 15.9 Å². The molecule has 26 heavy (non-hydrogen) atoms. The summed E-state index contributed by atoms with van der Waals surface area (Å²) < 4.78 is 6.88. The van der Waals surface area contributed by atoms with Gasteiger partial charge < -0.3 is 10.1 Å². The maximum absolute atomic E-state index is 12.3. The highest BCUT2D eigenvalue weighted by molar-refractivity contribution is 7.19. The molecule has 0 aliphatic carbocycles. The van der Waals surface area contributed by atoms with E-state index in [9.17, 15) is 4.79 Å². The van der Waals surface area contributed by atoms with E-state index in [4.69, 9.17) is 4.74 Å². The summed E-state index contributed by atoms with van der Waals surface area (Å²) in [5.41, 5.74) is 2.52. The van der Waals surface area contributed by atoms with Gasteiger partial charge in [0.15, 0.2) is 0 Å². The first-order valence-electron chi connectivity index (χ1n) is 7.92. The summed E-state index contributed by atoms with van der Waals surface area (Å²) in [5, 5.41) is 16.0. The van der Waals surface area contributed by atoms with Crippen LogP contribution in [0.15, 0.2) is 54.9 Å². The summed E-state index contributed by atoms with van der Waals surface area (Å²) in [6.45, 7) is 0.433. The van der Waals surface area contributed by atoms with Gasteiger partial charge in [-0.2, -0.15) is 9.61 Å². The largest absolute Gasteiger partial charge is 0.496 e. The molecule has 2 heterocycles. The lowest BCUT2D eigenvalue weighted by Gasteiger charge is -2.09. The minimum atomic E-state index is -0.167. The van der Waals surface area contributed by atoms with Gasteiger partial charge in [0.2, 0.25) is 4.96 Å². The van der Waals surface area contributed by atoms with Gasteiger partial charge in [0.25, 0.3) is 5.91 Å². The smallest absolute Gasteiger partial charge is 0.255 e. The predicted octanol–water partition coefficient (Wildman–Crippen LogP) is 2.79. The van der Waals surface area contributed by atoms with Crippen LogP contribution >= 0.6 is 11.3 Å². The molecule has 0 saturated carbocycles. The number of carbonyl (C=O) groups excluding carboxylic acids is 1. The number of ether oxygens (including phenoxy) is 1. The molecule has 4 rings (SSSR count). The Kier molecular flexibility index (Phi) is 4.32. The van der Waals surface area contributed by atoms with E-state index in [1.54, 1.807) is 30.1 Å². The second-order valence-electron chi connectivity index (χ2n) is 5.55. The van der Waals surface area contributed by atoms with Gasteiger partial charge in [0.1, 0.15) is 17.1 Å². The molecule has 0 unspecified atom stereocenters. The highest BCUT2D eigenvalue weighted by atomic mass is 32.1. The molecule has 1 amide bonds. The van der Waals surface area contributed by atoms with Gasteiger partial charge in [-0.15, -0.1) is 10.2 Å². The maximum atomic E-state index is 12.3. The fourth-order valence-corrected chi connectivity index (χ4v) is 3.38. The zero-order valence-electron chi connectivity index (χ0n) is 13.9. The van der Waals surface area contributed by atoms with Crippen molar-refractivity contribution in [2.75, 3.05) is 7.11 Å². The van der Waals surface area contributed by atoms with Crippen molar-refractivity contribution in [3.8, 4) is 16.3 Å². The quantitative estimate of drug-likeness (QED) is 0.588. The van der Waals surface area contributed by atoms with E-state index < -0.39 is 0 Å². The number of para-hydroxylation sites is 1. The molecule has 0 spiro atoms. The highest BCUT2D eigenvalue weighted by Crippen LogP contribution is 2.25. The summed E-state index contributed by atoms with van der Waals surface area (Å²) in [7, 11) is 1.55. The molecule has 0 aliphatic rings. The molecule has 0 radical (unpaired) electrons. The van der Waals surface area contributed by atoms with Crippen LogP contribution in [0.25, 0.3) is 15.5 Å². The first-order chi connectivity index (χ1) is 12.7. The molecule has 7 nitrogen and oxygen atoms in total. The van der Waals surface area contributed by atoms with Crippen LogP contribution in [0.3, 0.4) is 0 Å². The molecule has 0 atom stereocenters. The number of nitrogens with zero attached hydrogens (tertiary/aromatic N) is 4. The predicted molar refractivity (Wildman–Crippen MR) is 98.3 cm³/mol. The van der Waals surface area contributed by atoms with E-state index in [0.717, 1.165) is 21.1 Å². The Hall–Kier alpha value is -3.26. The van der Waals surface area contributed by atoms with Crippen LogP contribution in [0, 0.1) is 0 Å². The molecular formula is C18H15N5O2S. The fraction of sp³-hybridized carbons (Fsp3) is 0.111. The maximum Gasteiger partial charge on any atom is 0.255 e. The second-order valence-corrected chi connectivity index (χ2v) is 6.50. The number of aromatic nitrogens is 4. The van der Waals surface area contributed by atoms with E-state index in [1.807, 2.05) is 36.4 Å². The third-order valence-electron chi connectivity index (χ3n) is 3.89. The monoisotopic (exact) mass is 365 g/mol. The molecule has 1 N–H and O–H groups in total. The first-order valence-corrected chi connectivity index (χ1v) is 8.73. The number of carbonyl (C=O) groups is 1. The van der Waals surface area contributed by atoms with Crippen molar-refractivity contribution in [3.63, 3.8) is 0 Å². The van der Waals surface area contributed by atoms with E-state index in [1.165, 1.54) is 11.3 Å². The average molecular weight is 365 g/mol. The van der Waals surface area contributed by atoms with Crippen molar-refractivity contribution >= 4 is 22.2 Å². The van der Waals surface area contributed by atoms with Crippen molar-refractivity contribution in [1.29, 1.82) is 0 Å². The van der Waals surface area contributed by atoms with Gasteiger partial charge in [-0.1, -0.05) is 47.7 Å². The third kappa shape index (κ3) is 3.14. The van der Waals surface area contributed by atoms with Crippen LogP contribution in [0.5, 0.6) is 5.75 Å². The minimum Gasteiger partial charge on any atom is -0.496 e. The van der Waals surface area contributed by atoms with E-state index >= 15 is 0 Å². The molecule has 2 aromatic carbocycles. The standard InChI is InChI=1S/C18H15N5O2S/c1-25-15-5-3-2-4-14(15)16(24)19-10-12-6-8-13(9-7-12)17-22-23-11-20-21-18(23)26-17/h2-9,11H,10H2,1H3,(H,19,24). The molecule has 130 valence electrons. The molecule has 4 aromatic rings. The van der Waals surface area contributed by atoms with Crippen molar-refractivity contribution in [3.05, 3.63) is 66.0 Å². The first kappa shape index (κ1) is 16.2. The van der Waals surface area contributed by atoms with E-state index in [-0.39, 0.29) is 5.91 Å². The van der Waals surface area contributed by atoms with Crippen LogP contribution in [0.4, 0.5) is 0 Å². The Bertz CT molecular complexity index is 1030. The Morgan fingerprint density at radius 1 is 1.19 bits per heavy atom. The average Bonchev–Trinajstić information content (AvgIpc) is 3.28. The minimum absolute atomic E-state index is 0.167. The molecule has 8 heteroatoms. The summed E-state index contributed by atoms with van der Waals surface area (Å²) in [6.07, 6.45) is 1.58. The summed E-state index contributed by atoms with van der Waals surface area (Å²) in [5.74, 6) is 0.392.